The molecule has 0 bridgehead atoms. The second-order valence-corrected chi connectivity index (χ2v) is 5.62. The average molecular weight is 393 g/mol. The lowest BCUT2D eigenvalue weighted by molar-refractivity contribution is -0.140. The van der Waals surface area contributed by atoms with E-state index in [-0.39, 0.29) is 31.2 Å². The first-order chi connectivity index (χ1) is 11.0. The van der Waals surface area contributed by atoms with E-state index in [0.717, 1.165) is 4.90 Å². The number of esters is 1. The van der Waals surface area contributed by atoms with Crippen molar-refractivity contribution in [1.82, 2.24) is 10.2 Å². The highest BCUT2D eigenvalue weighted by molar-refractivity contribution is 9.09. The Balaban J connectivity index is 2.66. The molecule has 0 radical (unpaired) electrons. The van der Waals surface area contributed by atoms with E-state index in [1.807, 2.05) is 0 Å². The molecule has 2 atom stereocenters. The van der Waals surface area contributed by atoms with Crippen LogP contribution in [0.1, 0.15) is 32.6 Å². The largest absolute Gasteiger partial charge is 0.469 e. The van der Waals surface area contributed by atoms with Gasteiger partial charge in [0.15, 0.2) is 5.78 Å². The molecule has 9 heteroatoms. The SMILES string of the molecule is CCOC(=O)N1C(=O)N[C@@H](CBr)[C@@H]1C(=O)CCCCC(=O)OC. The Morgan fingerprint density at radius 1 is 1.26 bits per heavy atom. The van der Waals surface area contributed by atoms with Crippen LogP contribution in [0, 0.1) is 0 Å². The lowest BCUT2D eigenvalue weighted by Gasteiger charge is -2.22. The first kappa shape index (κ1) is 19.4. The number of amides is 3. The number of imide groups is 1. The summed E-state index contributed by atoms with van der Waals surface area (Å²) in [4.78, 5) is 48.1. The number of nitrogens with one attached hydrogen (secondary N) is 1. The van der Waals surface area contributed by atoms with Gasteiger partial charge in [0.1, 0.15) is 6.04 Å². The van der Waals surface area contributed by atoms with E-state index in [1.165, 1.54) is 7.11 Å². The molecule has 3 amide bonds. The van der Waals surface area contributed by atoms with Gasteiger partial charge < -0.3 is 14.8 Å². The molecule has 130 valence electrons. The molecule has 0 aromatic carbocycles. The lowest BCUT2D eigenvalue weighted by Crippen LogP contribution is -2.47. The Morgan fingerprint density at radius 2 is 1.91 bits per heavy atom. The fraction of sp³-hybridized carbons (Fsp3) is 0.714. The summed E-state index contributed by atoms with van der Waals surface area (Å²) in [6.45, 7) is 1.74. The number of urea groups is 1. The van der Waals surface area contributed by atoms with Crippen molar-refractivity contribution in [2.45, 2.75) is 44.7 Å². The minimum Gasteiger partial charge on any atom is -0.469 e. The van der Waals surface area contributed by atoms with Gasteiger partial charge in [-0.25, -0.2) is 14.5 Å². The van der Waals surface area contributed by atoms with Crippen molar-refractivity contribution >= 4 is 39.8 Å². The Labute approximate surface area is 143 Å². The van der Waals surface area contributed by atoms with Crippen molar-refractivity contribution in [3.8, 4) is 0 Å². The molecule has 0 unspecified atom stereocenters. The number of alkyl halides is 1. The molecule has 0 aliphatic carbocycles. The highest BCUT2D eigenvalue weighted by Gasteiger charge is 2.46. The van der Waals surface area contributed by atoms with Crippen LogP contribution in [0.4, 0.5) is 9.59 Å². The quantitative estimate of drug-likeness (QED) is 0.382. The number of ether oxygens (including phenoxy) is 2. The Kier molecular flexibility index (Phi) is 8.01. The number of rotatable bonds is 8. The Bertz CT molecular complexity index is 470. The Hall–Kier alpha value is -1.64. The molecule has 0 aromatic heterocycles. The zero-order valence-electron chi connectivity index (χ0n) is 13.2. The fourth-order valence-corrected chi connectivity index (χ4v) is 2.83. The number of hydrogen-bond acceptors (Lipinski definition) is 6. The van der Waals surface area contributed by atoms with Gasteiger partial charge in [-0.3, -0.25) is 9.59 Å². The predicted octanol–water partition coefficient (Wildman–Crippen LogP) is 1.60. The van der Waals surface area contributed by atoms with Crippen LogP contribution < -0.4 is 5.32 Å². The van der Waals surface area contributed by atoms with Crippen LogP contribution in [-0.4, -0.2) is 59.9 Å². The van der Waals surface area contributed by atoms with Gasteiger partial charge in [-0.1, -0.05) is 15.9 Å². The van der Waals surface area contributed by atoms with Crippen LogP contribution in [0.5, 0.6) is 0 Å². The molecule has 1 N–H and O–H groups in total. The van der Waals surface area contributed by atoms with Gasteiger partial charge >= 0.3 is 18.1 Å². The first-order valence-electron chi connectivity index (χ1n) is 7.38. The summed E-state index contributed by atoms with van der Waals surface area (Å²) in [5, 5.41) is 2.93. The number of ketones is 1. The summed E-state index contributed by atoms with van der Waals surface area (Å²) in [6, 6.07) is -2.04. The second kappa shape index (κ2) is 9.49. The molecule has 1 rings (SSSR count). The van der Waals surface area contributed by atoms with Gasteiger partial charge in [0, 0.05) is 18.2 Å². The molecular weight excluding hydrogens is 372 g/mol. The standard InChI is InChI=1S/C14H21BrN2O6/c1-3-23-14(21)17-12(9(8-15)16-13(17)20)10(18)6-4-5-7-11(19)22-2/h9,12H,3-8H2,1-2H3,(H,16,20)/t9-,12+/m0/s1. The fourth-order valence-electron chi connectivity index (χ4n) is 2.31. The van der Waals surface area contributed by atoms with Crippen molar-refractivity contribution < 1.29 is 28.7 Å². The minimum atomic E-state index is -0.904. The zero-order chi connectivity index (χ0) is 17.4. The van der Waals surface area contributed by atoms with E-state index in [9.17, 15) is 19.2 Å². The van der Waals surface area contributed by atoms with Gasteiger partial charge in [-0.15, -0.1) is 0 Å². The Morgan fingerprint density at radius 3 is 2.48 bits per heavy atom. The topological polar surface area (TPSA) is 102 Å². The minimum absolute atomic E-state index is 0.113. The maximum atomic E-state index is 12.4. The maximum Gasteiger partial charge on any atom is 0.418 e. The zero-order valence-corrected chi connectivity index (χ0v) is 14.8. The third-order valence-electron chi connectivity index (χ3n) is 3.43. The third-order valence-corrected chi connectivity index (χ3v) is 4.13. The number of hydrogen-bond donors (Lipinski definition) is 1. The van der Waals surface area contributed by atoms with Gasteiger partial charge in [-0.2, -0.15) is 0 Å². The van der Waals surface area contributed by atoms with Crippen LogP contribution in [0.15, 0.2) is 0 Å². The number of halogens is 1. The number of carbonyl (C=O) groups excluding carboxylic acids is 4. The van der Waals surface area contributed by atoms with Crippen molar-refractivity contribution in [2.24, 2.45) is 0 Å². The molecule has 0 saturated carbocycles. The number of nitrogens with zero attached hydrogens (tertiary/aromatic N) is 1. The van der Waals surface area contributed by atoms with Gasteiger partial charge in [-0.05, 0) is 19.8 Å². The van der Waals surface area contributed by atoms with Gasteiger partial charge in [0.2, 0.25) is 0 Å². The molecule has 0 spiro atoms. The smallest absolute Gasteiger partial charge is 0.418 e. The maximum absolute atomic E-state index is 12.4. The van der Waals surface area contributed by atoms with Gasteiger partial charge in [0.05, 0.1) is 19.8 Å². The van der Waals surface area contributed by atoms with E-state index in [1.54, 1.807) is 6.92 Å². The van der Waals surface area contributed by atoms with Crippen LogP contribution in [0.25, 0.3) is 0 Å². The molecule has 1 fully saturated rings. The van der Waals surface area contributed by atoms with Crippen LogP contribution in [0.2, 0.25) is 0 Å². The molecule has 23 heavy (non-hydrogen) atoms. The van der Waals surface area contributed by atoms with E-state index in [2.05, 4.69) is 26.0 Å². The monoisotopic (exact) mass is 392 g/mol. The summed E-state index contributed by atoms with van der Waals surface area (Å²) in [5.74, 6) is -0.577. The molecule has 1 aliphatic heterocycles. The van der Waals surface area contributed by atoms with E-state index in [0.29, 0.717) is 18.2 Å². The summed E-state index contributed by atoms with van der Waals surface area (Å²) in [6.07, 6.45) is 0.543. The molecule has 8 nitrogen and oxygen atoms in total. The highest BCUT2D eigenvalue weighted by atomic mass is 79.9. The van der Waals surface area contributed by atoms with Crippen LogP contribution in [-0.2, 0) is 19.1 Å². The molecular formula is C14H21BrN2O6. The lowest BCUT2D eigenvalue weighted by atomic mass is 10.0. The summed E-state index contributed by atoms with van der Waals surface area (Å²) in [7, 11) is 1.31. The van der Waals surface area contributed by atoms with Crippen LogP contribution >= 0.6 is 15.9 Å². The van der Waals surface area contributed by atoms with E-state index in [4.69, 9.17) is 4.74 Å². The normalized spacial score (nSPS) is 20.1. The van der Waals surface area contributed by atoms with Crippen molar-refractivity contribution in [2.75, 3.05) is 19.0 Å². The van der Waals surface area contributed by atoms with Crippen LogP contribution in [0.3, 0.4) is 0 Å². The number of unbranched alkanes of at least 4 members (excludes halogenated alkanes) is 1. The van der Waals surface area contributed by atoms with Gasteiger partial charge in [0.25, 0.3) is 0 Å². The summed E-state index contributed by atoms with van der Waals surface area (Å²) >= 11 is 3.23. The molecule has 1 heterocycles. The van der Waals surface area contributed by atoms with Crippen molar-refractivity contribution in [3.63, 3.8) is 0 Å². The number of carbonyl (C=O) groups is 4. The average Bonchev–Trinajstić information content (AvgIpc) is 2.87. The highest BCUT2D eigenvalue weighted by Crippen LogP contribution is 2.20. The molecule has 0 aromatic rings. The predicted molar refractivity (Wildman–Crippen MR) is 84.3 cm³/mol. The van der Waals surface area contributed by atoms with Crippen molar-refractivity contribution in [1.29, 1.82) is 0 Å². The number of methoxy groups -OCH3 is 1. The third kappa shape index (κ3) is 5.19. The molecule has 1 aliphatic rings. The number of Topliss-reactive ketones (excluding diaryl/α,β-unsaturated/α-hetero) is 1. The summed E-state index contributed by atoms with van der Waals surface area (Å²) < 4.78 is 9.37. The summed E-state index contributed by atoms with van der Waals surface area (Å²) in [5.41, 5.74) is 0. The molecule has 1 saturated heterocycles. The first-order valence-corrected chi connectivity index (χ1v) is 8.50. The van der Waals surface area contributed by atoms with E-state index >= 15 is 0 Å². The van der Waals surface area contributed by atoms with Crippen molar-refractivity contribution in [3.05, 3.63) is 0 Å². The second-order valence-electron chi connectivity index (χ2n) is 4.97. The van der Waals surface area contributed by atoms with E-state index < -0.39 is 24.2 Å².